The van der Waals surface area contributed by atoms with Gasteiger partial charge in [-0.15, -0.1) is 0 Å². The van der Waals surface area contributed by atoms with Crippen molar-refractivity contribution in [3.63, 3.8) is 0 Å². The lowest BCUT2D eigenvalue weighted by atomic mass is 9.91. The lowest BCUT2D eigenvalue weighted by molar-refractivity contribution is 0.403. The van der Waals surface area contributed by atoms with E-state index in [1.54, 1.807) is 11.8 Å². The summed E-state index contributed by atoms with van der Waals surface area (Å²) in [6.45, 7) is 0. The third-order valence-corrected chi connectivity index (χ3v) is 6.19. The fraction of sp³-hybridized carbons (Fsp3) is 1.00. The molecular formula is C10H20O2S3. The van der Waals surface area contributed by atoms with Crippen molar-refractivity contribution in [1.82, 2.24) is 0 Å². The first-order valence-electron chi connectivity index (χ1n) is 5.34. The predicted octanol–water partition coefficient (Wildman–Crippen LogP) is 2.25. The Morgan fingerprint density at radius 1 is 1.33 bits per heavy atom. The Bertz CT molecular complexity index is 279. The summed E-state index contributed by atoms with van der Waals surface area (Å²) in [5, 5.41) is 0. The first kappa shape index (κ1) is 13.7. The van der Waals surface area contributed by atoms with Crippen molar-refractivity contribution < 1.29 is 8.42 Å². The van der Waals surface area contributed by atoms with Crippen molar-refractivity contribution in [1.29, 1.82) is 0 Å². The SMILES string of the molecule is CS(=O)(=O)CCSCC1(CS)CCCC1. The molecule has 90 valence electrons. The topological polar surface area (TPSA) is 34.1 Å². The third-order valence-electron chi connectivity index (χ3n) is 3.01. The Hall–Kier alpha value is 0.650. The molecule has 0 amide bonds. The minimum absolute atomic E-state index is 0.306. The van der Waals surface area contributed by atoms with Crippen LogP contribution in [0, 0.1) is 5.41 Å². The van der Waals surface area contributed by atoms with Gasteiger partial charge in [0.05, 0.1) is 5.75 Å². The summed E-state index contributed by atoms with van der Waals surface area (Å²) in [7, 11) is -2.79. The fourth-order valence-electron chi connectivity index (χ4n) is 1.97. The standard InChI is InChI=1S/C10H20O2S3/c1-15(11,12)7-6-14-9-10(8-13)4-2-3-5-10/h13H,2-9H2,1H3. The van der Waals surface area contributed by atoms with E-state index in [0.29, 0.717) is 11.2 Å². The van der Waals surface area contributed by atoms with Crippen LogP contribution in [0.15, 0.2) is 0 Å². The molecule has 0 aromatic heterocycles. The normalized spacial score (nSPS) is 20.7. The van der Waals surface area contributed by atoms with Gasteiger partial charge in [0.25, 0.3) is 0 Å². The molecule has 0 saturated heterocycles. The third kappa shape index (κ3) is 5.00. The van der Waals surface area contributed by atoms with E-state index in [4.69, 9.17) is 0 Å². The molecule has 1 aliphatic rings. The van der Waals surface area contributed by atoms with Gasteiger partial charge in [0.1, 0.15) is 9.84 Å². The van der Waals surface area contributed by atoms with Crippen molar-refractivity contribution in [2.24, 2.45) is 5.41 Å². The van der Waals surface area contributed by atoms with Crippen LogP contribution in [0.3, 0.4) is 0 Å². The lowest BCUT2D eigenvalue weighted by Crippen LogP contribution is -2.22. The van der Waals surface area contributed by atoms with E-state index >= 15 is 0 Å². The minimum Gasteiger partial charge on any atom is -0.229 e. The fourth-order valence-corrected chi connectivity index (χ4v) is 5.20. The summed E-state index contributed by atoms with van der Waals surface area (Å²) >= 11 is 6.20. The molecule has 0 radical (unpaired) electrons. The van der Waals surface area contributed by atoms with E-state index in [2.05, 4.69) is 12.6 Å². The van der Waals surface area contributed by atoms with E-state index in [1.165, 1.54) is 31.9 Å². The van der Waals surface area contributed by atoms with E-state index < -0.39 is 9.84 Å². The van der Waals surface area contributed by atoms with Crippen LogP contribution in [0.25, 0.3) is 0 Å². The summed E-state index contributed by atoms with van der Waals surface area (Å²) in [6.07, 6.45) is 6.46. The van der Waals surface area contributed by atoms with E-state index in [-0.39, 0.29) is 0 Å². The van der Waals surface area contributed by atoms with Crippen molar-refractivity contribution in [2.45, 2.75) is 25.7 Å². The molecule has 1 saturated carbocycles. The molecule has 0 atom stereocenters. The zero-order valence-electron chi connectivity index (χ0n) is 9.24. The second-order valence-corrected chi connectivity index (χ2v) is 8.23. The van der Waals surface area contributed by atoms with Crippen molar-refractivity contribution in [2.75, 3.05) is 29.3 Å². The van der Waals surface area contributed by atoms with Gasteiger partial charge >= 0.3 is 0 Å². The molecule has 15 heavy (non-hydrogen) atoms. The van der Waals surface area contributed by atoms with Gasteiger partial charge in [0.2, 0.25) is 0 Å². The molecular weight excluding hydrogens is 248 g/mol. The number of thioether (sulfide) groups is 1. The minimum atomic E-state index is -2.79. The van der Waals surface area contributed by atoms with Crippen molar-refractivity contribution in [3.8, 4) is 0 Å². The average Bonchev–Trinajstić information content (AvgIpc) is 2.60. The van der Waals surface area contributed by atoms with Crippen molar-refractivity contribution in [3.05, 3.63) is 0 Å². The molecule has 0 N–H and O–H groups in total. The van der Waals surface area contributed by atoms with Crippen LogP contribution >= 0.6 is 24.4 Å². The molecule has 0 bridgehead atoms. The van der Waals surface area contributed by atoms with E-state index in [1.807, 2.05) is 0 Å². The Balaban J connectivity index is 2.24. The van der Waals surface area contributed by atoms with E-state index in [9.17, 15) is 8.42 Å². The Labute approximate surface area is 103 Å². The summed E-state index contributed by atoms with van der Waals surface area (Å²) in [5.41, 5.74) is 0.394. The summed E-state index contributed by atoms with van der Waals surface area (Å²) < 4.78 is 21.9. The highest BCUT2D eigenvalue weighted by atomic mass is 32.2. The van der Waals surface area contributed by atoms with Gasteiger partial charge in [-0.25, -0.2) is 8.42 Å². The van der Waals surface area contributed by atoms with Gasteiger partial charge in [-0.3, -0.25) is 0 Å². The second-order valence-electron chi connectivity index (χ2n) is 4.55. The number of rotatable bonds is 6. The highest BCUT2D eigenvalue weighted by Gasteiger charge is 2.32. The maximum absolute atomic E-state index is 10.9. The van der Waals surface area contributed by atoms with Crippen LogP contribution in [0.4, 0.5) is 0 Å². The Morgan fingerprint density at radius 3 is 2.40 bits per heavy atom. The molecule has 0 unspecified atom stereocenters. The smallest absolute Gasteiger partial charge is 0.148 e. The van der Waals surface area contributed by atoms with E-state index in [0.717, 1.165) is 17.3 Å². The van der Waals surface area contributed by atoms with Gasteiger partial charge in [-0.05, 0) is 29.8 Å². The van der Waals surface area contributed by atoms with Gasteiger partial charge in [0.15, 0.2) is 0 Å². The predicted molar refractivity (Wildman–Crippen MR) is 71.8 cm³/mol. The Morgan fingerprint density at radius 2 is 1.93 bits per heavy atom. The quantitative estimate of drug-likeness (QED) is 0.593. The monoisotopic (exact) mass is 268 g/mol. The van der Waals surface area contributed by atoms with Crippen LogP contribution in [0.2, 0.25) is 0 Å². The molecule has 5 heteroatoms. The van der Waals surface area contributed by atoms with Crippen LogP contribution in [0.1, 0.15) is 25.7 Å². The molecule has 2 nitrogen and oxygen atoms in total. The maximum Gasteiger partial charge on any atom is 0.148 e. The lowest BCUT2D eigenvalue weighted by Gasteiger charge is -2.26. The Kier molecular flexibility index (Phi) is 5.32. The van der Waals surface area contributed by atoms with Crippen molar-refractivity contribution >= 4 is 34.2 Å². The van der Waals surface area contributed by atoms with Crippen LogP contribution in [0.5, 0.6) is 0 Å². The number of thiol groups is 1. The zero-order chi connectivity index (χ0) is 11.4. The van der Waals surface area contributed by atoms with Crippen LogP contribution < -0.4 is 0 Å². The number of sulfone groups is 1. The maximum atomic E-state index is 10.9. The molecule has 0 heterocycles. The first-order valence-corrected chi connectivity index (χ1v) is 9.19. The van der Waals surface area contributed by atoms with Gasteiger partial charge < -0.3 is 0 Å². The van der Waals surface area contributed by atoms with Gasteiger partial charge in [-0.2, -0.15) is 24.4 Å². The van der Waals surface area contributed by atoms with Gasteiger partial charge in [-0.1, -0.05) is 12.8 Å². The molecule has 1 aliphatic carbocycles. The molecule has 0 spiro atoms. The summed E-state index contributed by atoms with van der Waals surface area (Å²) in [6, 6.07) is 0. The molecule has 0 aromatic carbocycles. The first-order chi connectivity index (χ1) is 6.97. The summed E-state index contributed by atoms with van der Waals surface area (Å²) in [5.74, 6) is 3.06. The van der Waals surface area contributed by atoms with Gasteiger partial charge in [0, 0.05) is 12.0 Å². The average molecular weight is 268 g/mol. The zero-order valence-corrected chi connectivity index (χ0v) is 11.8. The van der Waals surface area contributed by atoms with Crippen LogP contribution in [-0.4, -0.2) is 37.7 Å². The van der Waals surface area contributed by atoms with Crippen LogP contribution in [-0.2, 0) is 9.84 Å². The molecule has 0 aromatic rings. The largest absolute Gasteiger partial charge is 0.229 e. The number of hydrogen-bond donors (Lipinski definition) is 1. The number of hydrogen-bond acceptors (Lipinski definition) is 4. The molecule has 0 aliphatic heterocycles. The summed E-state index contributed by atoms with van der Waals surface area (Å²) in [4.78, 5) is 0. The highest BCUT2D eigenvalue weighted by Crippen LogP contribution is 2.41. The second kappa shape index (κ2) is 5.82. The highest BCUT2D eigenvalue weighted by molar-refractivity contribution is 8.00. The molecule has 1 fully saturated rings. The molecule has 1 rings (SSSR count).